The van der Waals surface area contributed by atoms with Crippen molar-refractivity contribution in [2.45, 2.75) is 18.9 Å². The number of imidazole rings is 1. The molecule has 0 aliphatic carbocycles. The van der Waals surface area contributed by atoms with Crippen molar-refractivity contribution >= 4 is 40.3 Å². The molecule has 3 amide bonds. The molecule has 4 aromatic rings. The molecule has 3 heterocycles. The van der Waals surface area contributed by atoms with E-state index in [0.717, 1.165) is 72.9 Å². The Morgan fingerprint density at radius 2 is 1.54 bits per heavy atom. The highest BCUT2D eigenvalue weighted by Gasteiger charge is 2.32. The third-order valence-corrected chi connectivity index (χ3v) is 9.91. The van der Waals surface area contributed by atoms with Crippen molar-refractivity contribution < 1.29 is 23.3 Å². The van der Waals surface area contributed by atoms with Crippen molar-refractivity contribution in [3.8, 4) is 22.4 Å². The molecule has 2 aliphatic rings. The largest absolute Gasteiger partial charge is 0.453 e. The van der Waals surface area contributed by atoms with E-state index >= 15 is 0 Å². The van der Waals surface area contributed by atoms with Crippen LogP contribution >= 0.6 is 0 Å². The van der Waals surface area contributed by atoms with Crippen LogP contribution in [0.15, 0.2) is 79.0 Å². The second kappa shape index (κ2) is 14.8. The molecule has 0 bridgehead atoms. The number of benzene rings is 3. The van der Waals surface area contributed by atoms with Crippen LogP contribution in [0.2, 0.25) is 0 Å². The molecule has 0 spiro atoms. The van der Waals surface area contributed by atoms with Gasteiger partial charge in [0, 0.05) is 55.9 Å². The fraction of sp³-hybridized carbons (Fsp3) is 0.314. The Morgan fingerprint density at radius 3 is 2.19 bits per heavy atom. The number of ether oxygens (including phenoxy) is 1. The Morgan fingerprint density at radius 1 is 0.896 bits per heavy atom. The zero-order valence-electron chi connectivity index (χ0n) is 27.0. The lowest BCUT2D eigenvalue weighted by atomic mass is 10.0. The first-order valence-electron chi connectivity index (χ1n) is 15.9. The molecule has 13 heteroatoms. The number of aromatic nitrogens is 2. The Kier molecular flexibility index (Phi) is 10.2. The maximum Gasteiger partial charge on any atom is 0.407 e. The van der Waals surface area contributed by atoms with Crippen molar-refractivity contribution in [3.05, 3.63) is 90.4 Å². The molecule has 12 nitrogen and oxygen atoms in total. The van der Waals surface area contributed by atoms with Crippen LogP contribution in [0.3, 0.4) is 0 Å². The number of amides is 3. The van der Waals surface area contributed by atoms with Gasteiger partial charge in [-0.2, -0.15) is 0 Å². The summed E-state index contributed by atoms with van der Waals surface area (Å²) in [5.74, 6) is 0.368. The van der Waals surface area contributed by atoms with Gasteiger partial charge in [-0.25, -0.2) is 18.3 Å². The topological polar surface area (TPSA) is 140 Å². The van der Waals surface area contributed by atoms with Crippen molar-refractivity contribution in [1.29, 1.82) is 0 Å². The first-order chi connectivity index (χ1) is 23.3. The minimum Gasteiger partial charge on any atom is -0.453 e. The standard InChI is InChI=1S/C35H39N7O5S/c1-47-35(45)37-23-32(43)42-17-3-4-31(42)33-36-22-30(39-33)26-7-5-24(6-8-26)25-9-13-28(14-10-25)38-34(44)27-11-15-29(16-12-27)40-18-20-41(21-19-40)48(2)46/h5-16,22,31H,3-4,17-21,23H2,1-2H3,(H,36,39)(H,37,45)(H,38,44). The smallest absolute Gasteiger partial charge is 0.407 e. The van der Waals surface area contributed by atoms with E-state index in [-0.39, 0.29) is 24.4 Å². The van der Waals surface area contributed by atoms with E-state index in [1.807, 2.05) is 77.1 Å². The summed E-state index contributed by atoms with van der Waals surface area (Å²) in [6.07, 6.45) is 4.50. The average molecular weight is 670 g/mol. The first kappa shape index (κ1) is 32.9. The summed E-state index contributed by atoms with van der Waals surface area (Å²) in [5, 5.41) is 5.44. The zero-order valence-corrected chi connectivity index (χ0v) is 27.8. The van der Waals surface area contributed by atoms with Gasteiger partial charge < -0.3 is 30.2 Å². The monoisotopic (exact) mass is 669 g/mol. The van der Waals surface area contributed by atoms with Gasteiger partial charge in [0.15, 0.2) is 0 Å². The lowest BCUT2D eigenvalue weighted by Gasteiger charge is -2.34. The highest BCUT2D eigenvalue weighted by Crippen LogP contribution is 2.32. The Labute approximate surface area is 282 Å². The molecular formula is C35H39N7O5S. The van der Waals surface area contributed by atoms with Crippen LogP contribution in [0, 0.1) is 0 Å². The van der Waals surface area contributed by atoms with Gasteiger partial charge in [-0.15, -0.1) is 0 Å². The molecule has 48 heavy (non-hydrogen) atoms. The number of rotatable bonds is 9. The van der Waals surface area contributed by atoms with Gasteiger partial charge >= 0.3 is 6.09 Å². The van der Waals surface area contributed by atoms with Gasteiger partial charge in [0.1, 0.15) is 12.4 Å². The van der Waals surface area contributed by atoms with E-state index in [0.29, 0.717) is 17.8 Å². The predicted octanol–water partition coefficient (Wildman–Crippen LogP) is 4.43. The number of piperazine rings is 1. The van der Waals surface area contributed by atoms with Crippen molar-refractivity contribution in [2.24, 2.45) is 0 Å². The average Bonchev–Trinajstić information content (AvgIpc) is 3.82. The van der Waals surface area contributed by atoms with Gasteiger partial charge in [0.2, 0.25) is 5.91 Å². The molecule has 0 radical (unpaired) electrons. The molecule has 2 saturated heterocycles. The van der Waals surface area contributed by atoms with E-state index in [1.165, 1.54) is 7.11 Å². The van der Waals surface area contributed by atoms with Gasteiger partial charge in [0.05, 0.1) is 36.0 Å². The highest BCUT2D eigenvalue weighted by molar-refractivity contribution is 7.81. The van der Waals surface area contributed by atoms with Crippen molar-refractivity contribution in [1.82, 2.24) is 24.5 Å². The summed E-state index contributed by atoms with van der Waals surface area (Å²) < 4.78 is 18.2. The maximum atomic E-state index is 12.9. The predicted molar refractivity (Wildman–Crippen MR) is 186 cm³/mol. The number of likely N-dealkylation sites (tertiary alicyclic amines) is 1. The van der Waals surface area contributed by atoms with Gasteiger partial charge in [0.25, 0.3) is 5.91 Å². The molecule has 3 N–H and O–H groups in total. The highest BCUT2D eigenvalue weighted by atomic mass is 32.2. The SMILES string of the molecule is COC(=O)NCC(=O)N1CCCC1c1ncc(-c2ccc(-c3ccc(NC(=O)c4ccc(N5CCN(S(C)=O)CC5)cc4)cc3)cc2)[nH]1. The number of H-pyrrole nitrogens is 1. The Bertz CT molecular complexity index is 1770. The number of methoxy groups -OCH3 is 1. The van der Waals surface area contributed by atoms with Crippen LogP contribution in [0.5, 0.6) is 0 Å². The minimum atomic E-state index is -0.946. The van der Waals surface area contributed by atoms with E-state index in [4.69, 9.17) is 0 Å². The molecule has 2 atom stereocenters. The maximum absolute atomic E-state index is 12.9. The van der Waals surface area contributed by atoms with Gasteiger partial charge in [-0.05, 0) is 65.9 Å². The van der Waals surface area contributed by atoms with Crippen molar-refractivity contribution in [3.63, 3.8) is 0 Å². The molecule has 2 aliphatic heterocycles. The number of hydrogen-bond donors (Lipinski definition) is 3. The number of carbonyl (C=O) groups is 3. The zero-order chi connectivity index (χ0) is 33.6. The second-order valence-corrected chi connectivity index (χ2v) is 13.1. The van der Waals surface area contributed by atoms with E-state index in [9.17, 15) is 18.6 Å². The molecule has 2 fully saturated rings. The third-order valence-electron chi connectivity index (χ3n) is 8.82. The number of anilines is 2. The van der Waals surface area contributed by atoms with Crippen LogP contribution in [0.1, 0.15) is 35.1 Å². The minimum absolute atomic E-state index is 0.121. The molecule has 3 aromatic carbocycles. The second-order valence-electron chi connectivity index (χ2n) is 11.8. The number of carbonyl (C=O) groups excluding carboxylic acids is 3. The number of nitrogens with one attached hydrogen (secondary N) is 3. The summed E-state index contributed by atoms with van der Waals surface area (Å²) in [6.45, 7) is 3.58. The number of alkyl carbamates (subject to hydrolysis) is 1. The third kappa shape index (κ3) is 7.58. The van der Waals surface area contributed by atoms with E-state index in [2.05, 4.69) is 30.2 Å². The quantitative estimate of drug-likeness (QED) is 0.240. The van der Waals surface area contributed by atoms with Crippen LogP contribution in [-0.2, 0) is 20.5 Å². The molecule has 250 valence electrons. The molecule has 2 unspecified atom stereocenters. The summed E-state index contributed by atoms with van der Waals surface area (Å²) in [5.41, 5.74) is 6.21. The van der Waals surface area contributed by atoms with Gasteiger partial charge in [-0.1, -0.05) is 36.4 Å². The van der Waals surface area contributed by atoms with E-state index in [1.54, 1.807) is 17.4 Å². The number of nitrogens with zero attached hydrogens (tertiary/aromatic N) is 4. The van der Waals surface area contributed by atoms with Crippen LogP contribution < -0.4 is 15.5 Å². The normalized spacial score (nSPS) is 17.2. The lowest BCUT2D eigenvalue weighted by Crippen LogP contribution is -2.46. The molecule has 0 saturated carbocycles. The Balaban J connectivity index is 1.03. The molecule has 1 aromatic heterocycles. The van der Waals surface area contributed by atoms with Crippen LogP contribution in [0.4, 0.5) is 16.2 Å². The Hall–Kier alpha value is -5.01. The summed E-state index contributed by atoms with van der Waals surface area (Å²) in [6, 6.07) is 23.3. The van der Waals surface area contributed by atoms with E-state index < -0.39 is 17.1 Å². The fourth-order valence-corrected chi connectivity index (χ4v) is 6.82. The van der Waals surface area contributed by atoms with Crippen molar-refractivity contribution in [2.75, 3.05) is 62.9 Å². The van der Waals surface area contributed by atoms with Gasteiger partial charge in [-0.3, -0.25) is 9.59 Å². The summed E-state index contributed by atoms with van der Waals surface area (Å²) >= 11 is 0. The molecule has 6 rings (SSSR count). The number of aromatic amines is 1. The number of hydrogen-bond acceptors (Lipinski definition) is 7. The fourth-order valence-electron chi connectivity index (χ4n) is 6.14. The lowest BCUT2D eigenvalue weighted by molar-refractivity contribution is -0.131. The summed E-state index contributed by atoms with van der Waals surface area (Å²) in [7, 11) is 0.316. The van der Waals surface area contributed by atoms with Crippen LogP contribution in [-0.4, -0.2) is 93.9 Å². The van der Waals surface area contributed by atoms with Crippen LogP contribution in [0.25, 0.3) is 22.4 Å². The first-order valence-corrected chi connectivity index (χ1v) is 17.4. The molecular weight excluding hydrogens is 630 g/mol. The summed E-state index contributed by atoms with van der Waals surface area (Å²) in [4.78, 5) is 49.0.